The fourth-order valence-electron chi connectivity index (χ4n) is 3.20. The molecular weight excluding hydrogens is 290 g/mol. The van der Waals surface area contributed by atoms with E-state index in [0.29, 0.717) is 18.7 Å². The van der Waals surface area contributed by atoms with Gasteiger partial charge in [0.15, 0.2) is 0 Å². The van der Waals surface area contributed by atoms with Crippen LogP contribution in [0, 0.1) is 5.41 Å². The third-order valence-corrected chi connectivity index (χ3v) is 5.09. The molecule has 2 aromatic rings. The quantitative estimate of drug-likeness (QED) is 0.943. The van der Waals surface area contributed by atoms with Crippen LogP contribution >= 0.6 is 0 Å². The van der Waals surface area contributed by atoms with E-state index in [4.69, 9.17) is 0 Å². The highest BCUT2D eigenvalue weighted by molar-refractivity contribution is 5.94. The van der Waals surface area contributed by atoms with E-state index in [2.05, 4.69) is 11.9 Å². The van der Waals surface area contributed by atoms with Gasteiger partial charge in [0.05, 0.1) is 6.33 Å². The second-order valence-electron chi connectivity index (χ2n) is 6.32. The highest BCUT2D eigenvalue weighted by atomic mass is 16.3. The van der Waals surface area contributed by atoms with E-state index in [-0.39, 0.29) is 17.9 Å². The van der Waals surface area contributed by atoms with Crippen molar-refractivity contribution in [2.24, 2.45) is 5.41 Å². The van der Waals surface area contributed by atoms with Gasteiger partial charge in [-0.25, -0.2) is 4.98 Å². The summed E-state index contributed by atoms with van der Waals surface area (Å²) in [5, 5.41) is 9.61. The minimum Gasteiger partial charge on any atom is -0.396 e. The average molecular weight is 313 g/mol. The van der Waals surface area contributed by atoms with E-state index in [9.17, 15) is 9.90 Å². The van der Waals surface area contributed by atoms with Gasteiger partial charge in [0.25, 0.3) is 5.91 Å². The Balaban J connectivity index is 1.73. The highest BCUT2D eigenvalue weighted by Gasteiger charge is 2.34. The average Bonchev–Trinajstić information content (AvgIpc) is 3.16. The number of aliphatic hydroxyl groups excluding tert-OH is 1. The van der Waals surface area contributed by atoms with Gasteiger partial charge in [0.1, 0.15) is 0 Å². The molecule has 5 heteroatoms. The molecule has 0 spiro atoms. The summed E-state index contributed by atoms with van der Waals surface area (Å²) in [5.41, 5.74) is 1.63. The number of rotatable bonds is 4. The number of aromatic nitrogens is 2. The van der Waals surface area contributed by atoms with Crippen molar-refractivity contribution in [2.75, 3.05) is 19.7 Å². The first-order valence-corrected chi connectivity index (χ1v) is 8.16. The van der Waals surface area contributed by atoms with Crippen molar-refractivity contribution < 1.29 is 9.90 Å². The topological polar surface area (TPSA) is 58.4 Å². The minimum absolute atomic E-state index is 0.00453. The molecule has 1 saturated heterocycles. The Bertz CT molecular complexity index is 653. The maximum atomic E-state index is 12.7. The molecule has 1 amide bonds. The molecule has 122 valence electrons. The number of piperidine rings is 1. The molecule has 0 aliphatic carbocycles. The van der Waals surface area contributed by atoms with Gasteiger partial charge >= 0.3 is 0 Å². The first-order valence-electron chi connectivity index (χ1n) is 8.16. The summed E-state index contributed by atoms with van der Waals surface area (Å²) >= 11 is 0. The molecule has 0 atom stereocenters. The number of carbonyl (C=O) groups excluding carboxylic acids is 1. The van der Waals surface area contributed by atoms with Crippen molar-refractivity contribution in [1.82, 2.24) is 14.5 Å². The van der Waals surface area contributed by atoms with E-state index in [0.717, 1.165) is 24.9 Å². The van der Waals surface area contributed by atoms with Crippen LogP contribution in [0.15, 0.2) is 43.0 Å². The lowest BCUT2D eigenvalue weighted by Crippen LogP contribution is -2.44. The van der Waals surface area contributed by atoms with E-state index < -0.39 is 0 Å². The fraction of sp³-hybridized carbons (Fsp3) is 0.444. The summed E-state index contributed by atoms with van der Waals surface area (Å²) in [7, 11) is 0. The molecule has 3 rings (SSSR count). The second kappa shape index (κ2) is 6.54. The molecule has 1 aromatic carbocycles. The number of nitrogens with zero attached hydrogens (tertiary/aromatic N) is 3. The molecule has 1 N–H and O–H groups in total. The minimum atomic E-state index is -0.00453. The summed E-state index contributed by atoms with van der Waals surface area (Å²) in [5.74, 6) is 0.0645. The summed E-state index contributed by atoms with van der Waals surface area (Å²) in [6.45, 7) is 3.75. The third-order valence-electron chi connectivity index (χ3n) is 5.09. The van der Waals surface area contributed by atoms with Gasteiger partial charge in [-0.15, -0.1) is 0 Å². The molecule has 1 fully saturated rings. The molecule has 0 bridgehead atoms. The number of imidazole rings is 1. The monoisotopic (exact) mass is 313 g/mol. The van der Waals surface area contributed by atoms with Crippen molar-refractivity contribution in [3.05, 3.63) is 48.5 Å². The van der Waals surface area contributed by atoms with E-state index in [1.54, 1.807) is 12.5 Å². The van der Waals surface area contributed by atoms with Crippen LogP contribution in [-0.2, 0) is 0 Å². The molecule has 0 unspecified atom stereocenters. The zero-order chi connectivity index (χ0) is 16.3. The number of likely N-dealkylation sites (tertiary alicyclic amines) is 1. The van der Waals surface area contributed by atoms with Gasteiger partial charge in [0.2, 0.25) is 0 Å². The zero-order valence-electron chi connectivity index (χ0n) is 13.5. The largest absolute Gasteiger partial charge is 0.396 e. The molecule has 0 radical (unpaired) electrons. The van der Waals surface area contributed by atoms with Gasteiger partial charge in [-0.05, 0) is 42.9 Å². The van der Waals surface area contributed by atoms with E-state index in [1.165, 1.54) is 0 Å². The molecular formula is C18H23N3O2. The summed E-state index contributed by atoms with van der Waals surface area (Å²) in [4.78, 5) is 18.7. The predicted octanol–water partition coefficient (Wildman–Crippen LogP) is 2.50. The number of benzene rings is 1. The van der Waals surface area contributed by atoms with Crippen LogP contribution in [0.5, 0.6) is 0 Å². The van der Waals surface area contributed by atoms with Crippen molar-refractivity contribution in [3.63, 3.8) is 0 Å². The van der Waals surface area contributed by atoms with Crippen LogP contribution in [0.25, 0.3) is 5.69 Å². The van der Waals surface area contributed by atoms with Crippen LogP contribution in [0.3, 0.4) is 0 Å². The number of hydrogen-bond donors (Lipinski definition) is 1. The van der Waals surface area contributed by atoms with Gasteiger partial charge in [-0.3, -0.25) is 4.79 Å². The summed E-state index contributed by atoms with van der Waals surface area (Å²) < 4.78 is 1.89. The Morgan fingerprint density at radius 2 is 2.13 bits per heavy atom. The molecule has 1 aliphatic heterocycles. The Morgan fingerprint density at radius 3 is 2.74 bits per heavy atom. The Hall–Kier alpha value is -2.14. The third kappa shape index (κ3) is 3.15. The maximum Gasteiger partial charge on any atom is 0.253 e. The molecule has 1 aliphatic rings. The number of hydrogen-bond acceptors (Lipinski definition) is 3. The maximum absolute atomic E-state index is 12.7. The number of carbonyl (C=O) groups is 1. The lowest BCUT2D eigenvalue weighted by molar-refractivity contribution is 0.0338. The van der Waals surface area contributed by atoms with Crippen LogP contribution in [0.2, 0.25) is 0 Å². The normalized spacial score (nSPS) is 17.2. The molecule has 1 aromatic heterocycles. The molecule has 23 heavy (non-hydrogen) atoms. The SMILES string of the molecule is CCC1(CO)CCN(C(=O)c2cccc(-n3ccnc3)c2)CC1. The van der Waals surface area contributed by atoms with Crippen molar-refractivity contribution in [3.8, 4) is 5.69 Å². The van der Waals surface area contributed by atoms with Gasteiger partial charge < -0.3 is 14.6 Å². The summed E-state index contributed by atoms with van der Waals surface area (Å²) in [6, 6.07) is 7.62. The number of aliphatic hydroxyl groups is 1. The molecule has 2 heterocycles. The Labute approximate surface area is 136 Å². The molecule has 0 saturated carbocycles. The Kier molecular flexibility index (Phi) is 4.48. The van der Waals surface area contributed by atoms with Crippen LogP contribution in [0.1, 0.15) is 36.5 Å². The number of amides is 1. The lowest BCUT2D eigenvalue weighted by Gasteiger charge is -2.40. The van der Waals surface area contributed by atoms with Gasteiger partial charge in [-0.2, -0.15) is 0 Å². The zero-order valence-corrected chi connectivity index (χ0v) is 13.5. The van der Waals surface area contributed by atoms with Crippen molar-refractivity contribution in [1.29, 1.82) is 0 Å². The highest BCUT2D eigenvalue weighted by Crippen LogP contribution is 2.34. The first kappa shape index (κ1) is 15.7. The lowest BCUT2D eigenvalue weighted by atomic mass is 9.77. The standard InChI is InChI=1S/C18H23N3O2/c1-2-18(13-22)6-9-20(10-7-18)17(23)15-4-3-5-16(12-15)21-11-8-19-14-21/h3-5,8,11-12,14,22H,2,6-7,9-10,13H2,1H3. The molecule has 5 nitrogen and oxygen atoms in total. The first-order chi connectivity index (χ1) is 11.2. The van der Waals surface area contributed by atoms with Crippen LogP contribution in [0.4, 0.5) is 0 Å². The second-order valence-corrected chi connectivity index (χ2v) is 6.32. The summed E-state index contributed by atoms with van der Waals surface area (Å²) in [6.07, 6.45) is 8.00. The Morgan fingerprint density at radius 1 is 1.35 bits per heavy atom. The van der Waals surface area contributed by atoms with Gasteiger partial charge in [-0.1, -0.05) is 13.0 Å². The van der Waals surface area contributed by atoms with E-state index >= 15 is 0 Å². The smallest absolute Gasteiger partial charge is 0.253 e. The van der Waals surface area contributed by atoms with E-state index in [1.807, 2.05) is 39.9 Å². The van der Waals surface area contributed by atoms with Crippen molar-refractivity contribution >= 4 is 5.91 Å². The van der Waals surface area contributed by atoms with Crippen LogP contribution in [-0.4, -0.2) is 45.2 Å². The van der Waals surface area contributed by atoms with Gasteiger partial charge in [0, 0.05) is 43.3 Å². The predicted molar refractivity (Wildman–Crippen MR) is 88.5 cm³/mol. The van der Waals surface area contributed by atoms with Crippen LogP contribution < -0.4 is 0 Å². The fourth-order valence-corrected chi connectivity index (χ4v) is 3.20. The van der Waals surface area contributed by atoms with Crippen molar-refractivity contribution in [2.45, 2.75) is 26.2 Å².